The Morgan fingerprint density at radius 3 is 2.78 bits per heavy atom. The molecule has 3 aliphatic heterocycles. The number of fused-ring (bicyclic) bond motifs is 3. The van der Waals surface area contributed by atoms with Gasteiger partial charge in [-0.1, -0.05) is 5.16 Å². The van der Waals surface area contributed by atoms with Crippen LogP contribution in [0.15, 0.2) is 22.7 Å². The number of piperidine rings is 3. The molecule has 23 heavy (non-hydrogen) atoms. The SMILES string of the molecule is COc1ccc2c(N[C@@H]3C4CCN(CC4)C34CC4)noc2c1.Cl. The van der Waals surface area contributed by atoms with Gasteiger partial charge in [-0.05, 0) is 56.8 Å². The van der Waals surface area contributed by atoms with Crippen LogP contribution in [0.5, 0.6) is 5.75 Å². The molecule has 1 N–H and O–H groups in total. The second kappa shape index (κ2) is 5.28. The maximum atomic E-state index is 5.50. The van der Waals surface area contributed by atoms with Crippen molar-refractivity contribution in [3.05, 3.63) is 18.2 Å². The molecule has 1 aliphatic carbocycles. The molecule has 5 nitrogen and oxygen atoms in total. The zero-order valence-electron chi connectivity index (χ0n) is 13.2. The molecule has 3 saturated heterocycles. The van der Waals surface area contributed by atoms with Gasteiger partial charge in [-0.15, -0.1) is 12.4 Å². The van der Waals surface area contributed by atoms with Crippen LogP contribution in [-0.4, -0.2) is 41.8 Å². The van der Waals surface area contributed by atoms with Gasteiger partial charge in [0.15, 0.2) is 11.4 Å². The van der Waals surface area contributed by atoms with Crippen LogP contribution in [0.3, 0.4) is 0 Å². The summed E-state index contributed by atoms with van der Waals surface area (Å²) in [5.74, 6) is 2.47. The van der Waals surface area contributed by atoms with Gasteiger partial charge in [0.25, 0.3) is 0 Å². The minimum Gasteiger partial charge on any atom is -0.497 e. The molecule has 4 fully saturated rings. The van der Waals surface area contributed by atoms with Crippen molar-refractivity contribution in [1.82, 2.24) is 10.1 Å². The Bertz CT molecular complexity index is 720. The summed E-state index contributed by atoms with van der Waals surface area (Å²) in [5, 5.41) is 9.07. The van der Waals surface area contributed by atoms with E-state index in [2.05, 4.69) is 15.4 Å². The number of ether oxygens (including phenoxy) is 1. The molecular formula is C17H22ClN3O2. The van der Waals surface area contributed by atoms with E-state index in [4.69, 9.17) is 9.26 Å². The Hall–Kier alpha value is -1.46. The zero-order valence-corrected chi connectivity index (χ0v) is 14.1. The van der Waals surface area contributed by atoms with E-state index in [1.54, 1.807) is 7.11 Å². The monoisotopic (exact) mass is 335 g/mol. The summed E-state index contributed by atoms with van der Waals surface area (Å²) in [6, 6.07) is 6.42. The van der Waals surface area contributed by atoms with Gasteiger partial charge >= 0.3 is 0 Å². The van der Waals surface area contributed by atoms with Gasteiger partial charge in [-0.2, -0.15) is 0 Å². The maximum Gasteiger partial charge on any atom is 0.177 e. The number of nitrogens with one attached hydrogen (secondary N) is 1. The van der Waals surface area contributed by atoms with Crippen LogP contribution in [-0.2, 0) is 0 Å². The fraction of sp³-hybridized carbons (Fsp3) is 0.588. The highest BCUT2D eigenvalue weighted by Gasteiger charge is 2.60. The molecule has 0 amide bonds. The van der Waals surface area contributed by atoms with E-state index < -0.39 is 0 Å². The van der Waals surface area contributed by atoms with Gasteiger partial charge in [0.05, 0.1) is 12.5 Å². The van der Waals surface area contributed by atoms with Crippen molar-refractivity contribution in [3.63, 3.8) is 0 Å². The fourth-order valence-electron chi connectivity index (χ4n) is 4.62. The quantitative estimate of drug-likeness (QED) is 0.932. The molecule has 6 heteroatoms. The Morgan fingerprint density at radius 2 is 2.09 bits per heavy atom. The summed E-state index contributed by atoms with van der Waals surface area (Å²) in [7, 11) is 1.67. The van der Waals surface area contributed by atoms with Gasteiger partial charge in [-0.3, -0.25) is 4.90 Å². The van der Waals surface area contributed by atoms with Gasteiger partial charge in [0, 0.05) is 17.6 Å². The lowest BCUT2D eigenvalue weighted by atomic mass is 9.77. The van der Waals surface area contributed by atoms with Crippen LogP contribution >= 0.6 is 12.4 Å². The van der Waals surface area contributed by atoms with Crippen LogP contribution in [0.2, 0.25) is 0 Å². The van der Waals surface area contributed by atoms with Crippen molar-refractivity contribution in [1.29, 1.82) is 0 Å². The van der Waals surface area contributed by atoms with Gasteiger partial charge in [0.2, 0.25) is 0 Å². The molecule has 1 aromatic heterocycles. The van der Waals surface area contributed by atoms with E-state index >= 15 is 0 Å². The standard InChI is InChI=1S/C17H21N3O2.ClH/c1-21-12-2-3-13-14(10-12)22-19-16(13)18-15-11-4-8-20(9-5-11)17(15)6-7-17;/h2-3,10-11,15H,4-9H2,1H3,(H,18,19);1H/t15-;/m1./s1. The normalized spacial score (nSPS) is 30.2. The summed E-state index contributed by atoms with van der Waals surface area (Å²) in [6.45, 7) is 2.55. The molecule has 4 heterocycles. The van der Waals surface area contributed by atoms with Gasteiger partial charge in [0.1, 0.15) is 5.75 Å². The highest BCUT2D eigenvalue weighted by molar-refractivity contribution is 5.89. The number of hydrogen-bond donors (Lipinski definition) is 1. The molecular weight excluding hydrogens is 314 g/mol. The van der Waals surface area contributed by atoms with Gasteiger partial charge < -0.3 is 14.6 Å². The van der Waals surface area contributed by atoms with E-state index in [1.165, 1.54) is 38.8 Å². The second-order valence-electron chi connectivity index (χ2n) is 6.94. The van der Waals surface area contributed by atoms with E-state index in [-0.39, 0.29) is 12.4 Å². The van der Waals surface area contributed by atoms with Crippen LogP contribution < -0.4 is 10.1 Å². The van der Waals surface area contributed by atoms with Crippen molar-refractivity contribution >= 4 is 29.2 Å². The minimum atomic E-state index is 0. The number of hydrogen-bond acceptors (Lipinski definition) is 5. The molecule has 1 atom stereocenters. The van der Waals surface area contributed by atoms with Crippen LogP contribution in [0.1, 0.15) is 25.7 Å². The van der Waals surface area contributed by atoms with E-state index in [0.29, 0.717) is 11.6 Å². The number of benzene rings is 1. The summed E-state index contributed by atoms with van der Waals surface area (Å²) >= 11 is 0. The zero-order chi connectivity index (χ0) is 14.7. The predicted octanol–water partition coefficient (Wildman–Crippen LogP) is 3.30. The second-order valence-corrected chi connectivity index (χ2v) is 6.94. The number of rotatable bonds is 3. The Labute approximate surface area is 141 Å². The van der Waals surface area contributed by atoms with Gasteiger partial charge in [-0.25, -0.2) is 0 Å². The molecule has 4 aliphatic rings. The third-order valence-corrected chi connectivity index (χ3v) is 5.95. The molecule has 2 aromatic rings. The lowest BCUT2D eigenvalue weighted by Crippen LogP contribution is -2.62. The highest BCUT2D eigenvalue weighted by Crippen LogP contribution is 2.54. The van der Waals surface area contributed by atoms with E-state index in [9.17, 15) is 0 Å². The first kappa shape index (κ1) is 15.1. The molecule has 0 radical (unpaired) electrons. The summed E-state index contributed by atoms with van der Waals surface area (Å²) in [5.41, 5.74) is 1.19. The average Bonchev–Trinajstić information content (AvgIpc) is 3.25. The third-order valence-electron chi connectivity index (χ3n) is 5.95. The predicted molar refractivity (Wildman–Crippen MR) is 91.5 cm³/mol. The first-order valence-electron chi connectivity index (χ1n) is 8.25. The summed E-state index contributed by atoms with van der Waals surface area (Å²) in [4.78, 5) is 2.70. The number of halogens is 1. The van der Waals surface area contributed by atoms with Crippen molar-refractivity contribution in [2.24, 2.45) is 5.92 Å². The molecule has 2 bridgehead atoms. The molecule has 1 saturated carbocycles. The molecule has 124 valence electrons. The minimum absolute atomic E-state index is 0. The molecule has 1 aromatic carbocycles. The van der Waals surface area contributed by atoms with Crippen LogP contribution in [0.25, 0.3) is 11.0 Å². The molecule has 6 rings (SSSR count). The van der Waals surface area contributed by atoms with Crippen molar-refractivity contribution in [3.8, 4) is 5.75 Å². The Balaban J connectivity index is 0.00000135. The first-order chi connectivity index (χ1) is 10.8. The van der Waals surface area contributed by atoms with E-state index in [0.717, 1.165) is 28.5 Å². The van der Waals surface area contributed by atoms with E-state index in [1.807, 2.05) is 18.2 Å². The largest absolute Gasteiger partial charge is 0.497 e. The van der Waals surface area contributed by atoms with Crippen LogP contribution in [0, 0.1) is 5.92 Å². The van der Waals surface area contributed by atoms with Crippen molar-refractivity contribution in [2.75, 3.05) is 25.5 Å². The molecule has 1 spiro atoms. The maximum absolute atomic E-state index is 5.50. The average molecular weight is 336 g/mol. The highest BCUT2D eigenvalue weighted by atomic mass is 35.5. The Kier molecular flexibility index (Phi) is 3.46. The topological polar surface area (TPSA) is 50.5 Å². The van der Waals surface area contributed by atoms with Crippen LogP contribution in [0.4, 0.5) is 5.82 Å². The lowest BCUT2D eigenvalue weighted by molar-refractivity contribution is 0.0202. The number of nitrogens with zero attached hydrogens (tertiary/aromatic N) is 2. The van der Waals surface area contributed by atoms with Crippen molar-refractivity contribution in [2.45, 2.75) is 37.3 Å². The smallest absolute Gasteiger partial charge is 0.177 e. The lowest BCUT2D eigenvalue weighted by Gasteiger charge is -2.52. The fourth-order valence-corrected chi connectivity index (χ4v) is 4.62. The number of methoxy groups -OCH3 is 1. The summed E-state index contributed by atoms with van der Waals surface area (Å²) in [6.07, 6.45) is 5.27. The first-order valence-corrected chi connectivity index (χ1v) is 8.25. The van der Waals surface area contributed by atoms with Crippen molar-refractivity contribution < 1.29 is 9.26 Å². The number of anilines is 1. The number of aromatic nitrogens is 1. The summed E-state index contributed by atoms with van der Waals surface area (Å²) < 4.78 is 10.7. The third kappa shape index (κ3) is 2.13. The Morgan fingerprint density at radius 1 is 1.30 bits per heavy atom. The molecule has 0 unspecified atom stereocenters.